The molecule has 2 aromatic rings. The van der Waals surface area contributed by atoms with E-state index in [9.17, 15) is 9.59 Å². The first-order chi connectivity index (χ1) is 11.5. The molecule has 0 fully saturated rings. The lowest BCUT2D eigenvalue weighted by molar-refractivity contribution is -0.138. The third kappa shape index (κ3) is 6.36. The molecule has 5 heteroatoms. The Kier molecular flexibility index (Phi) is 7.78. The van der Waals surface area contributed by atoms with Gasteiger partial charge in [-0.15, -0.1) is 0 Å². The highest BCUT2D eigenvalue weighted by Gasteiger charge is 2.11. The second-order valence-electron chi connectivity index (χ2n) is 4.98. The first kappa shape index (κ1) is 19.0. The number of aliphatic carboxylic acids is 1. The second kappa shape index (κ2) is 9.84. The quantitative estimate of drug-likeness (QED) is 0.498. The summed E-state index contributed by atoms with van der Waals surface area (Å²) >= 11 is 0. The second-order valence-corrected chi connectivity index (χ2v) is 4.98. The van der Waals surface area contributed by atoms with Gasteiger partial charge < -0.3 is 15.6 Å². The van der Waals surface area contributed by atoms with Crippen LogP contribution in [-0.4, -0.2) is 23.7 Å². The Balaban J connectivity index is 0.000000243. The number of esters is 1. The normalized spacial score (nSPS) is 10.7. The molecule has 24 heavy (non-hydrogen) atoms. The van der Waals surface area contributed by atoms with Crippen molar-refractivity contribution in [2.75, 3.05) is 12.3 Å². The number of hydrogen-bond acceptors (Lipinski definition) is 4. The molecule has 1 atom stereocenters. The van der Waals surface area contributed by atoms with E-state index in [1.165, 1.54) is 6.08 Å². The van der Waals surface area contributed by atoms with Crippen LogP contribution in [0, 0.1) is 0 Å². The van der Waals surface area contributed by atoms with Crippen molar-refractivity contribution in [3.05, 3.63) is 78.4 Å². The fraction of sp³-hybridized carbons (Fsp3) is 0.158. The largest absolute Gasteiger partial charge is 0.481 e. The molecular weight excluding hydrogens is 306 g/mol. The van der Waals surface area contributed by atoms with Gasteiger partial charge in [0.25, 0.3) is 0 Å². The molecule has 0 aliphatic carbocycles. The smallest absolute Gasteiger partial charge is 0.338 e. The maximum Gasteiger partial charge on any atom is 0.338 e. The molecule has 126 valence electrons. The maximum absolute atomic E-state index is 11.2. The van der Waals surface area contributed by atoms with Crippen LogP contribution in [0.4, 0.5) is 5.69 Å². The highest BCUT2D eigenvalue weighted by molar-refractivity contribution is 5.90. The molecule has 0 aromatic heterocycles. The molecule has 2 aromatic carbocycles. The topological polar surface area (TPSA) is 89.6 Å². The van der Waals surface area contributed by atoms with E-state index >= 15 is 0 Å². The first-order valence-corrected chi connectivity index (χ1v) is 7.37. The van der Waals surface area contributed by atoms with Crippen LogP contribution < -0.4 is 5.73 Å². The fourth-order valence-electron chi connectivity index (χ4n) is 1.77. The van der Waals surface area contributed by atoms with Crippen molar-refractivity contribution in [1.82, 2.24) is 0 Å². The molecule has 0 radical (unpaired) electrons. The van der Waals surface area contributed by atoms with E-state index in [1.807, 2.05) is 30.3 Å². The van der Waals surface area contributed by atoms with Gasteiger partial charge in [-0.2, -0.15) is 0 Å². The molecular formula is C19H21NO4. The summed E-state index contributed by atoms with van der Waals surface area (Å²) < 4.78 is 4.82. The standard InChI is InChI=1S/C10H11NO2.C9H10O2/c1-2-6-13-10(12)8-4-3-5-9(11)7-8;1-7(9(10)11)8-5-3-2-4-6-8/h2-5,7H,1,6,11H2;2-7H,1H3,(H,10,11). The molecule has 0 aliphatic rings. The number of carboxylic acid groups (broad SMARTS) is 1. The van der Waals surface area contributed by atoms with Crippen molar-refractivity contribution in [3.63, 3.8) is 0 Å². The Bertz CT molecular complexity index is 683. The summed E-state index contributed by atoms with van der Waals surface area (Å²) in [5.41, 5.74) is 7.35. The number of ether oxygens (including phenoxy) is 1. The van der Waals surface area contributed by atoms with E-state index in [0.29, 0.717) is 11.3 Å². The molecule has 0 heterocycles. The summed E-state index contributed by atoms with van der Waals surface area (Å²) in [4.78, 5) is 21.7. The lowest BCUT2D eigenvalue weighted by atomic mass is 10.0. The Hall–Kier alpha value is -3.08. The van der Waals surface area contributed by atoms with Gasteiger partial charge in [-0.05, 0) is 30.7 Å². The summed E-state index contributed by atoms with van der Waals surface area (Å²) in [5.74, 6) is -1.57. The number of rotatable bonds is 5. The third-order valence-corrected chi connectivity index (χ3v) is 3.12. The molecule has 0 saturated heterocycles. The number of benzene rings is 2. The highest BCUT2D eigenvalue weighted by atomic mass is 16.5. The van der Waals surface area contributed by atoms with Gasteiger partial charge in [-0.1, -0.05) is 49.1 Å². The van der Waals surface area contributed by atoms with E-state index < -0.39 is 11.9 Å². The van der Waals surface area contributed by atoms with Crippen LogP contribution in [0.2, 0.25) is 0 Å². The van der Waals surface area contributed by atoms with Crippen molar-refractivity contribution >= 4 is 17.6 Å². The molecule has 2 rings (SSSR count). The summed E-state index contributed by atoms with van der Waals surface area (Å²) in [7, 11) is 0. The highest BCUT2D eigenvalue weighted by Crippen LogP contribution is 2.13. The molecule has 0 saturated carbocycles. The Labute approximate surface area is 141 Å². The number of hydrogen-bond donors (Lipinski definition) is 2. The zero-order valence-corrected chi connectivity index (χ0v) is 13.5. The van der Waals surface area contributed by atoms with Crippen molar-refractivity contribution < 1.29 is 19.4 Å². The molecule has 0 bridgehead atoms. The van der Waals surface area contributed by atoms with Gasteiger partial charge in [-0.3, -0.25) is 4.79 Å². The van der Waals surface area contributed by atoms with Crippen LogP contribution >= 0.6 is 0 Å². The zero-order chi connectivity index (χ0) is 17.9. The molecule has 1 unspecified atom stereocenters. The summed E-state index contributed by atoms with van der Waals surface area (Å²) in [6, 6.07) is 15.8. The minimum absolute atomic E-state index is 0.216. The van der Waals surface area contributed by atoms with Gasteiger partial charge in [0.1, 0.15) is 6.61 Å². The Morgan fingerprint density at radius 3 is 2.42 bits per heavy atom. The maximum atomic E-state index is 11.2. The summed E-state index contributed by atoms with van der Waals surface area (Å²) in [5, 5.41) is 8.64. The van der Waals surface area contributed by atoms with Gasteiger partial charge in [0.15, 0.2) is 0 Å². The molecule has 0 spiro atoms. The van der Waals surface area contributed by atoms with Gasteiger partial charge in [-0.25, -0.2) is 4.79 Å². The van der Waals surface area contributed by atoms with Gasteiger partial charge in [0.05, 0.1) is 11.5 Å². The predicted octanol–water partition coefficient (Wildman–Crippen LogP) is 3.49. The Morgan fingerprint density at radius 1 is 1.21 bits per heavy atom. The van der Waals surface area contributed by atoms with Crippen LogP contribution in [0.3, 0.4) is 0 Å². The number of nitrogens with two attached hydrogens (primary N) is 1. The van der Waals surface area contributed by atoms with E-state index in [0.717, 1.165) is 5.56 Å². The average Bonchev–Trinajstić information content (AvgIpc) is 2.60. The van der Waals surface area contributed by atoms with Gasteiger partial charge in [0.2, 0.25) is 0 Å². The van der Waals surface area contributed by atoms with Crippen LogP contribution in [0.15, 0.2) is 67.3 Å². The van der Waals surface area contributed by atoms with Crippen molar-refractivity contribution in [3.8, 4) is 0 Å². The molecule has 0 aliphatic heterocycles. The number of nitrogen functional groups attached to an aromatic ring is 1. The molecule has 5 nitrogen and oxygen atoms in total. The minimum Gasteiger partial charge on any atom is -0.481 e. The van der Waals surface area contributed by atoms with E-state index in [-0.39, 0.29) is 12.6 Å². The monoisotopic (exact) mass is 327 g/mol. The van der Waals surface area contributed by atoms with E-state index in [2.05, 4.69) is 6.58 Å². The van der Waals surface area contributed by atoms with Crippen LogP contribution in [0.5, 0.6) is 0 Å². The SMILES string of the molecule is C=CCOC(=O)c1cccc(N)c1.CC(C(=O)O)c1ccccc1. The fourth-order valence-corrected chi connectivity index (χ4v) is 1.77. The molecule has 3 N–H and O–H groups in total. The van der Waals surface area contributed by atoms with E-state index in [4.69, 9.17) is 15.6 Å². The van der Waals surface area contributed by atoms with Crippen molar-refractivity contribution in [2.45, 2.75) is 12.8 Å². The van der Waals surface area contributed by atoms with Crippen LogP contribution in [0.25, 0.3) is 0 Å². The summed E-state index contributed by atoms with van der Waals surface area (Å²) in [6.45, 7) is 5.34. The van der Waals surface area contributed by atoms with Crippen molar-refractivity contribution in [2.24, 2.45) is 0 Å². The zero-order valence-electron chi connectivity index (χ0n) is 13.5. The van der Waals surface area contributed by atoms with Crippen molar-refractivity contribution in [1.29, 1.82) is 0 Å². The van der Waals surface area contributed by atoms with Gasteiger partial charge in [0, 0.05) is 5.69 Å². The minimum atomic E-state index is -0.781. The van der Waals surface area contributed by atoms with Crippen LogP contribution in [0.1, 0.15) is 28.8 Å². The average molecular weight is 327 g/mol. The Morgan fingerprint density at radius 2 is 1.88 bits per heavy atom. The number of carbonyl (C=O) groups is 2. The third-order valence-electron chi connectivity index (χ3n) is 3.12. The first-order valence-electron chi connectivity index (χ1n) is 7.37. The summed E-state index contributed by atoms with van der Waals surface area (Å²) in [6.07, 6.45) is 1.52. The van der Waals surface area contributed by atoms with Gasteiger partial charge >= 0.3 is 11.9 Å². The predicted molar refractivity (Wildman–Crippen MR) is 93.8 cm³/mol. The number of carbonyl (C=O) groups excluding carboxylic acids is 1. The lowest BCUT2D eigenvalue weighted by Crippen LogP contribution is -2.06. The van der Waals surface area contributed by atoms with E-state index in [1.54, 1.807) is 31.2 Å². The van der Waals surface area contributed by atoms with Crippen LogP contribution in [-0.2, 0) is 9.53 Å². The number of anilines is 1. The molecule has 0 amide bonds. The number of carboxylic acids is 1. The lowest BCUT2D eigenvalue weighted by Gasteiger charge is -2.04.